The van der Waals surface area contributed by atoms with Crippen LogP contribution in [0.3, 0.4) is 0 Å². The van der Waals surface area contributed by atoms with Crippen LogP contribution in [0.4, 0.5) is 0 Å². The Labute approximate surface area is 90.9 Å². The number of hydrogen-bond donors (Lipinski definition) is 1. The van der Waals surface area contributed by atoms with Gasteiger partial charge in [0.05, 0.1) is 13.2 Å². The molecular formula is C10H20N4O. The molecule has 5 heteroatoms. The first-order chi connectivity index (χ1) is 7.31. The van der Waals surface area contributed by atoms with Gasteiger partial charge in [0.1, 0.15) is 0 Å². The second-order valence-corrected chi connectivity index (χ2v) is 4.12. The van der Waals surface area contributed by atoms with Crippen molar-refractivity contribution in [2.45, 2.75) is 12.5 Å². The third kappa shape index (κ3) is 2.41. The fourth-order valence-electron chi connectivity index (χ4n) is 2.33. The summed E-state index contributed by atoms with van der Waals surface area (Å²) in [4.78, 5) is 8.70. The van der Waals surface area contributed by atoms with Crippen LogP contribution in [0, 0.1) is 0 Å². The minimum absolute atomic E-state index is 0.634. The third-order valence-electron chi connectivity index (χ3n) is 3.28. The van der Waals surface area contributed by atoms with E-state index in [1.54, 1.807) is 7.05 Å². The van der Waals surface area contributed by atoms with Crippen molar-refractivity contribution in [3.05, 3.63) is 0 Å². The van der Waals surface area contributed by atoms with Gasteiger partial charge in [-0.2, -0.15) is 0 Å². The number of nitrogens with two attached hydrogens (primary N) is 1. The summed E-state index contributed by atoms with van der Waals surface area (Å²) in [7, 11) is 1.75. The third-order valence-corrected chi connectivity index (χ3v) is 3.28. The molecule has 2 N–H and O–H groups in total. The molecule has 0 aromatic heterocycles. The van der Waals surface area contributed by atoms with Crippen LogP contribution in [0.2, 0.25) is 0 Å². The summed E-state index contributed by atoms with van der Waals surface area (Å²) in [6.07, 6.45) is 1.19. The lowest BCUT2D eigenvalue weighted by Gasteiger charge is -2.32. The van der Waals surface area contributed by atoms with Crippen LogP contribution in [-0.2, 0) is 4.74 Å². The lowest BCUT2D eigenvalue weighted by Crippen LogP contribution is -2.45. The van der Waals surface area contributed by atoms with Crippen LogP contribution in [0.25, 0.3) is 0 Å². The van der Waals surface area contributed by atoms with E-state index >= 15 is 0 Å². The highest BCUT2D eigenvalue weighted by atomic mass is 16.5. The second-order valence-electron chi connectivity index (χ2n) is 4.12. The van der Waals surface area contributed by atoms with Gasteiger partial charge in [-0.1, -0.05) is 0 Å². The fourth-order valence-corrected chi connectivity index (χ4v) is 2.33. The lowest BCUT2D eigenvalue weighted by atomic mass is 10.2. The maximum absolute atomic E-state index is 5.80. The van der Waals surface area contributed by atoms with Gasteiger partial charge >= 0.3 is 0 Å². The highest BCUT2D eigenvalue weighted by molar-refractivity contribution is 5.78. The molecule has 0 aromatic rings. The van der Waals surface area contributed by atoms with E-state index in [1.165, 1.54) is 6.42 Å². The SMILES string of the molecule is CN=C(N)N1CCC(N2CCOCC2)C1. The molecule has 0 amide bonds. The minimum Gasteiger partial charge on any atom is -0.379 e. The summed E-state index contributed by atoms with van der Waals surface area (Å²) in [5, 5.41) is 0. The van der Waals surface area contributed by atoms with Crippen molar-refractivity contribution < 1.29 is 4.74 Å². The van der Waals surface area contributed by atoms with Crippen molar-refractivity contribution in [2.24, 2.45) is 10.7 Å². The van der Waals surface area contributed by atoms with Crippen molar-refractivity contribution in [3.8, 4) is 0 Å². The first kappa shape index (κ1) is 10.7. The van der Waals surface area contributed by atoms with Crippen LogP contribution in [-0.4, -0.2) is 68.2 Å². The van der Waals surface area contributed by atoms with Crippen molar-refractivity contribution >= 4 is 5.96 Å². The Balaban J connectivity index is 1.86. The molecule has 0 aromatic carbocycles. The average Bonchev–Trinajstić information content (AvgIpc) is 2.78. The average molecular weight is 212 g/mol. The molecule has 2 fully saturated rings. The number of morpholine rings is 1. The van der Waals surface area contributed by atoms with E-state index in [9.17, 15) is 0 Å². The molecule has 0 radical (unpaired) electrons. The van der Waals surface area contributed by atoms with Crippen LogP contribution >= 0.6 is 0 Å². The van der Waals surface area contributed by atoms with Crippen LogP contribution in [0.15, 0.2) is 4.99 Å². The minimum atomic E-state index is 0.634. The molecule has 2 heterocycles. The number of guanidine groups is 1. The maximum atomic E-state index is 5.80. The van der Waals surface area contributed by atoms with E-state index in [1.807, 2.05) is 0 Å². The standard InChI is InChI=1S/C10H20N4O/c1-12-10(11)14-3-2-9(8-14)13-4-6-15-7-5-13/h9H,2-8H2,1H3,(H2,11,12). The van der Waals surface area contributed by atoms with Gasteiger partial charge in [-0.05, 0) is 6.42 Å². The molecule has 1 unspecified atom stereocenters. The maximum Gasteiger partial charge on any atom is 0.191 e. The Kier molecular flexibility index (Phi) is 3.43. The first-order valence-electron chi connectivity index (χ1n) is 5.60. The Hall–Kier alpha value is -0.810. The second kappa shape index (κ2) is 4.81. The predicted molar refractivity (Wildman–Crippen MR) is 59.9 cm³/mol. The summed E-state index contributed by atoms with van der Waals surface area (Å²) in [5.41, 5.74) is 5.80. The van der Waals surface area contributed by atoms with Crippen molar-refractivity contribution in [1.29, 1.82) is 0 Å². The van der Waals surface area contributed by atoms with Gasteiger partial charge in [-0.3, -0.25) is 9.89 Å². The quantitative estimate of drug-likeness (QED) is 0.463. The highest BCUT2D eigenvalue weighted by Gasteiger charge is 2.29. The Morgan fingerprint density at radius 1 is 1.33 bits per heavy atom. The van der Waals surface area contributed by atoms with Crippen molar-refractivity contribution in [2.75, 3.05) is 46.4 Å². The van der Waals surface area contributed by atoms with Crippen LogP contribution in [0.1, 0.15) is 6.42 Å². The number of likely N-dealkylation sites (tertiary alicyclic amines) is 1. The number of ether oxygens (including phenoxy) is 1. The number of nitrogens with zero attached hydrogens (tertiary/aromatic N) is 3. The van der Waals surface area contributed by atoms with E-state index in [0.717, 1.165) is 39.4 Å². The number of rotatable bonds is 1. The molecule has 86 valence electrons. The van der Waals surface area contributed by atoms with E-state index in [-0.39, 0.29) is 0 Å². The molecule has 0 aliphatic carbocycles. The first-order valence-corrected chi connectivity index (χ1v) is 5.60. The molecule has 2 saturated heterocycles. The molecule has 0 bridgehead atoms. The van der Waals surface area contributed by atoms with Crippen LogP contribution < -0.4 is 5.73 Å². The van der Waals surface area contributed by atoms with Gasteiger partial charge in [-0.25, -0.2) is 0 Å². The summed E-state index contributed by atoms with van der Waals surface area (Å²) in [5.74, 6) is 0.672. The monoisotopic (exact) mass is 212 g/mol. The smallest absolute Gasteiger partial charge is 0.191 e. The highest BCUT2D eigenvalue weighted by Crippen LogP contribution is 2.16. The molecular weight excluding hydrogens is 192 g/mol. The fraction of sp³-hybridized carbons (Fsp3) is 0.900. The number of hydrogen-bond acceptors (Lipinski definition) is 3. The zero-order chi connectivity index (χ0) is 10.7. The van der Waals surface area contributed by atoms with Gasteiger partial charge in [-0.15, -0.1) is 0 Å². The predicted octanol–water partition coefficient (Wildman–Crippen LogP) is -0.663. The Morgan fingerprint density at radius 2 is 2.07 bits per heavy atom. The number of aliphatic imine (C=N–C) groups is 1. The summed E-state index contributed by atoms with van der Waals surface area (Å²) in [6.45, 7) is 5.90. The van der Waals surface area contributed by atoms with Gasteiger partial charge in [0.2, 0.25) is 0 Å². The van der Waals surface area contributed by atoms with E-state index < -0.39 is 0 Å². The van der Waals surface area contributed by atoms with Crippen LogP contribution in [0.5, 0.6) is 0 Å². The van der Waals surface area contributed by atoms with Gasteiger partial charge in [0, 0.05) is 39.3 Å². The zero-order valence-corrected chi connectivity index (χ0v) is 9.35. The molecule has 1 atom stereocenters. The molecule has 0 spiro atoms. The summed E-state index contributed by atoms with van der Waals surface area (Å²) < 4.78 is 5.35. The molecule has 2 aliphatic rings. The van der Waals surface area contributed by atoms with E-state index in [4.69, 9.17) is 10.5 Å². The van der Waals surface area contributed by atoms with Gasteiger partial charge in [0.15, 0.2) is 5.96 Å². The summed E-state index contributed by atoms with van der Waals surface area (Å²) in [6, 6.07) is 0.634. The van der Waals surface area contributed by atoms with Gasteiger partial charge < -0.3 is 15.4 Å². The molecule has 5 nitrogen and oxygen atoms in total. The van der Waals surface area contributed by atoms with E-state index in [0.29, 0.717) is 12.0 Å². The zero-order valence-electron chi connectivity index (χ0n) is 9.35. The molecule has 15 heavy (non-hydrogen) atoms. The summed E-state index contributed by atoms with van der Waals surface area (Å²) >= 11 is 0. The topological polar surface area (TPSA) is 54.1 Å². The van der Waals surface area contributed by atoms with Crippen molar-refractivity contribution in [3.63, 3.8) is 0 Å². The molecule has 2 aliphatic heterocycles. The van der Waals surface area contributed by atoms with Crippen molar-refractivity contribution in [1.82, 2.24) is 9.80 Å². The van der Waals surface area contributed by atoms with Gasteiger partial charge in [0.25, 0.3) is 0 Å². The Morgan fingerprint density at radius 3 is 2.73 bits per heavy atom. The largest absolute Gasteiger partial charge is 0.379 e. The lowest BCUT2D eigenvalue weighted by molar-refractivity contribution is 0.0195. The Bertz CT molecular complexity index is 238. The molecule has 2 rings (SSSR count). The van der Waals surface area contributed by atoms with E-state index in [2.05, 4.69) is 14.8 Å². The normalized spacial score (nSPS) is 29.8. The molecule has 0 saturated carbocycles.